The van der Waals surface area contributed by atoms with Crippen LogP contribution in [0.4, 0.5) is 11.4 Å². The average molecular weight is 599 g/mol. The van der Waals surface area contributed by atoms with E-state index in [1.807, 2.05) is 36.4 Å². The molecule has 2 amide bonds. The van der Waals surface area contributed by atoms with Gasteiger partial charge in [-0.25, -0.2) is 14.8 Å². The number of ether oxygens (including phenoxy) is 2. The third-order valence-electron chi connectivity index (χ3n) is 6.95. The second-order valence-corrected chi connectivity index (χ2v) is 10.2. The van der Waals surface area contributed by atoms with Crippen LogP contribution in [-0.2, 0) is 14.4 Å². The Morgan fingerprint density at radius 2 is 1.48 bits per heavy atom. The molecule has 0 aromatic heterocycles. The number of esters is 1. The van der Waals surface area contributed by atoms with Crippen LogP contribution in [0.25, 0.3) is 0 Å². The van der Waals surface area contributed by atoms with Gasteiger partial charge < -0.3 is 9.47 Å². The number of hydrogen-bond acceptors (Lipinski definition) is 7. The molecule has 9 heteroatoms. The van der Waals surface area contributed by atoms with Crippen LogP contribution >= 0.6 is 15.9 Å². The topological polar surface area (TPSA) is 85.4 Å². The molecular weight excluding hydrogens is 576 g/mol. The lowest BCUT2D eigenvalue weighted by atomic mass is 9.90. The fourth-order valence-electron chi connectivity index (χ4n) is 5.08. The van der Waals surface area contributed by atoms with Gasteiger partial charge in [-0.05, 0) is 66.2 Å². The highest BCUT2D eigenvalue weighted by molar-refractivity contribution is 9.10. The molecule has 2 aliphatic heterocycles. The number of methoxy groups -OCH3 is 1. The predicted octanol–water partition coefficient (Wildman–Crippen LogP) is 5.73. The Balaban J connectivity index is 1.38. The van der Waals surface area contributed by atoms with Crippen LogP contribution in [-0.4, -0.2) is 31.0 Å². The molecule has 2 saturated heterocycles. The van der Waals surface area contributed by atoms with E-state index in [1.54, 1.807) is 71.8 Å². The summed E-state index contributed by atoms with van der Waals surface area (Å²) in [5.41, 5.74) is 2.23. The average Bonchev–Trinajstić information content (AvgIpc) is 3.50. The summed E-state index contributed by atoms with van der Waals surface area (Å²) in [6.07, 6.45) is -1.01. The van der Waals surface area contributed by atoms with Gasteiger partial charge in [0.2, 0.25) is 5.91 Å². The summed E-state index contributed by atoms with van der Waals surface area (Å²) >= 11 is 3.39. The molecule has 200 valence electrons. The molecule has 0 spiro atoms. The molecule has 0 unspecified atom stereocenters. The van der Waals surface area contributed by atoms with Gasteiger partial charge in [-0.1, -0.05) is 58.4 Å². The minimum Gasteiger partial charge on any atom is -0.493 e. The number of rotatable bonds is 6. The zero-order valence-corrected chi connectivity index (χ0v) is 22.9. The maximum atomic E-state index is 13.9. The van der Waals surface area contributed by atoms with Crippen molar-refractivity contribution in [2.75, 3.05) is 17.1 Å². The molecule has 3 atom stereocenters. The number of carbonyl (C=O) groups excluding carboxylic acids is 3. The third kappa shape index (κ3) is 4.53. The Kier molecular flexibility index (Phi) is 6.83. The van der Waals surface area contributed by atoms with Crippen molar-refractivity contribution < 1.29 is 28.7 Å². The van der Waals surface area contributed by atoms with Gasteiger partial charge in [0, 0.05) is 4.47 Å². The van der Waals surface area contributed by atoms with E-state index in [2.05, 4.69) is 15.9 Å². The molecule has 8 nitrogen and oxygen atoms in total. The van der Waals surface area contributed by atoms with Gasteiger partial charge in [0.1, 0.15) is 5.92 Å². The molecule has 2 fully saturated rings. The van der Waals surface area contributed by atoms with Gasteiger partial charge in [-0.3, -0.25) is 14.4 Å². The molecule has 2 aliphatic rings. The van der Waals surface area contributed by atoms with Crippen LogP contribution in [0.1, 0.15) is 22.0 Å². The van der Waals surface area contributed by atoms with Crippen LogP contribution in [0.2, 0.25) is 0 Å². The maximum Gasteiger partial charge on any atom is 0.343 e. The quantitative estimate of drug-likeness (QED) is 0.159. The molecule has 0 saturated carbocycles. The SMILES string of the molecule is COc1cc([C@H]2[C@H]3C(=O)N(c4ccc(Br)cc4)C(=O)[C@H]3ON2c2ccccc2)ccc1OC(=O)c1ccccc1. The first-order valence-corrected chi connectivity index (χ1v) is 13.3. The summed E-state index contributed by atoms with van der Waals surface area (Å²) in [6.45, 7) is 0. The van der Waals surface area contributed by atoms with Gasteiger partial charge in [-0.2, -0.15) is 0 Å². The van der Waals surface area contributed by atoms with Crippen molar-refractivity contribution in [3.63, 3.8) is 0 Å². The number of amides is 2. The van der Waals surface area contributed by atoms with Crippen molar-refractivity contribution in [1.29, 1.82) is 0 Å². The fourth-order valence-corrected chi connectivity index (χ4v) is 5.35. The zero-order valence-electron chi connectivity index (χ0n) is 21.3. The van der Waals surface area contributed by atoms with Crippen LogP contribution in [0.5, 0.6) is 11.5 Å². The maximum absolute atomic E-state index is 13.9. The first kappa shape index (κ1) is 25.8. The summed E-state index contributed by atoms with van der Waals surface area (Å²) < 4.78 is 12.0. The molecule has 4 aromatic rings. The number of imide groups is 1. The van der Waals surface area contributed by atoms with Crippen LogP contribution in [0.3, 0.4) is 0 Å². The van der Waals surface area contributed by atoms with E-state index in [4.69, 9.17) is 14.3 Å². The number of anilines is 2. The van der Waals surface area contributed by atoms with Crippen molar-refractivity contribution >= 4 is 45.1 Å². The first-order chi connectivity index (χ1) is 19.5. The van der Waals surface area contributed by atoms with E-state index in [1.165, 1.54) is 12.0 Å². The van der Waals surface area contributed by atoms with Gasteiger partial charge in [0.15, 0.2) is 17.6 Å². The Bertz CT molecular complexity index is 1580. The van der Waals surface area contributed by atoms with E-state index in [0.717, 1.165) is 4.47 Å². The Hall–Kier alpha value is -4.47. The highest BCUT2D eigenvalue weighted by atomic mass is 79.9. The minimum absolute atomic E-state index is 0.229. The number of hydroxylamine groups is 1. The second-order valence-electron chi connectivity index (χ2n) is 9.31. The lowest BCUT2D eigenvalue weighted by molar-refractivity contribution is -0.126. The number of benzene rings is 4. The van der Waals surface area contributed by atoms with Crippen LogP contribution < -0.4 is 19.4 Å². The molecule has 0 radical (unpaired) electrons. The summed E-state index contributed by atoms with van der Waals surface area (Å²) in [6, 6.07) is 29.3. The van der Waals surface area contributed by atoms with Crippen molar-refractivity contribution in [1.82, 2.24) is 0 Å². The van der Waals surface area contributed by atoms with E-state index < -0.39 is 29.9 Å². The zero-order chi connectivity index (χ0) is 27.8. The van der Waals surface area contributed by atoms with Gasteiger partial charge >= 0.3 is 5.97 Å². The lowest BCUT2D eigenvalue weighted by Crippen LogP contribution is -2.37. The molecule has 4 aromatic carbocycles. The third-order valence-corrected chi connectivity index (χ3v) is 7.48. The summed E-state index contributed by atoms with van der Waals surface area (Å²) in [7, 11) is 1.47. The van der Waals surface area contributed by atoms with Gasteiger partial charge in [0.05, 0.1) is 30.1 Å². The first-order valence-electron chi connectivity index (χ1n) is 12.6. The Labute approximate surface area is 238 Å². The summed E-state index contributed by atoms with van der Waals surface area (Å²) in [4.78, 5) is 47.5. The molecule has 6 rings (SSSR count). The van der Waals surface area contributed by atoms with Crippen molar-refractivity contribution in [2.45, 2.75) is 12.1 Å². The molecule has 0 N–H and O–H groups in total. The number of para-hydroxylation sites is 1. The summed E-state index contributed by atoms with van der Waals surface area (Å²) in [5.74, 6) is -1.60. The monoisotopic (exact) mass is 598 g/mol. The van der Waals surface area contributed by atoms with Crippen LogP contribution in [0.15, 0.2) is 108 Å². The molecule has 0 aliphatic carbocycles. The Morgan fingerprint density at radius 3 is 2.15 bits per heavy atom. The number of fused-ring (bicyclic) bond motifs is 1. The van der Waals surface area contributed by atoms with Gasteiger partial charge in [0.25, 0.3) is 5.91 Å². The van der Waals surface area contributed by atoms with E-state index in [9.17, 15) is 14.4 Å². The predicted molar refractivity (Wildman–Crippen MR) is 151 cm³/mol. The molecule has 2 heterocycles. The normalized spacial score (nSPS) is 20.0. The summed E-state index contributed by atoms with van der Waals surface area (Å²) in [5, 5.41) is 1.61. The number of hydrogen-bond donors (Lipinski definition) is 0. The van der Waals surface area contributed by atoms with Gasteiger partial charge in [-0.15, -0.1) is 0 Å². The van der Waals surface area contributed by atoms with Crippen LogP contribution in [0, 0.1) is 5.92 Å². The lowest BCUT2D eigenvalue weighted by Gasteiger charge is -2.29. The highest BCUT2D eigenvalue weighted by Gasteiger charge is 2.60. The minimum atomic E-state index is -1.01. The number of halogens is 1. The van der Waals surface area contributed by atoms with E-state index >= 15 is 0 Å². The van der Waals surface area contributed by atoms with E-state index in [-0.39, 0.29) is 11.7 Å². The number of carbonyl (C=O) groups is 3. The van der Waals surface area contributed by atoms with Crippen molar-refractivity contribution in [2.24, 2.45) is 5.92 Å². The van der Waals surface area contributed by atoms with Crippen molar-refractivity contribution in [3.05, 3.63) is 119 Å². The Morgan fingerprint density at radius 1 is 0.800 bits per heavy atom. The largest absolute Gasteiger partial charge is 0.493 e. The molecule has 0 bridgehead atoms. The molecule has 40 heavy (non-hydrogen) atoms. The second kappa shape index (κ2) is 10.6. The molecular formula is C31H23BrN2O6. The van der Waals surface area contributed by atoms with Crippen molar-refractivity contribution in [3.8, 4) is 11.5 Å². The van der Waals surface area contributed by atoms with E-state index in [0.29, 0.717) is 28.3 Å². The fraction of sp³-hybridized carbons (Fsp3) is 0.129. The number of nitrogens with zero attached hydrogens (tertiary/aromatic N) is 2. The standard InChI is InChI=1S/C31H23BrN2O6/c1-38-25-18-20(12-17-24(25)39-31(37)19-8-4-2-5-9-19)27-26-28(40-34(27)23-10-6-3-7-11-23)30(36)33(29(26)35)22-15-13-21(32)14-16-22/h2-18,26-28H,1H3/t26-,27+,28+/m1/s1. The highest BCUT2D eigenvalue weighted by Crippen LogP contribution is 2.48. The smallest absolute Gasteiger partial charge is 0.343 e.